The van der Waals surface area contributed by atoms with E-state index in [-0.39, 0.29) is 35.8 Å². The lowest BCUT2D eigenvalue weighted by Crippen LogP contribution is -2.41. The molecule has 1 fully saturated rings. The molecule has 0 aliphatic carbocycles. The minimum atomic E-state index is -3.73. The maximum atomic E-state index is 13.1. The fourth-order valence-electron chi connectivity index (χ4n) is 3.12. The molecule has 0 bridgehead atoms. The molecule has 1 aliphatic heterocycles. The van der Waals surface area contributed by atoms with Gasteiger partial charge in [0.15, 0.2) is 10.4 Å². The van der Waals surface area contributed by atoms with Crippen molar-refractivity contribution in [1.29, 1.82) is 0 Å². The van der Waals surface area contributed by atoms with E-state index in [1.165, 1.54) is 16.4 Å². The van der Waals surface area contributed by atoms with Crippen molar-refractivity contribution in [2.24, 2.45) is 5.92 Å². The number of nitrogens with one attached hydrogen (secondary N) is 1. The van der Waals surface area contributed by atoms with Gasteiger partial charge < -0.3 is 8.83 Å². The number of carbonyl (C=O) groups is 1. The molecule has 1 saturated heterocycles. The molecule has 0 saturated carbocycles. The van der Waals surface area contributed by atoms with Crippen LogP contribution in [0.1, 0.15) is 12.8 Å². The average Bonchev–Trinajstić information content (AvgIpc) is 3.37. The molecule has 3 aromatic rings. The molecule has 0 unspecified atom stereocenters. The standard InChI is InChI=1S/C18H16BrFN4O5S/c19-15-6-5-14(28-15)17-22-23-18(29-17)21-16(25)11-7-9-24(10-8-11)30(26,27)13-3-1-12(20)2-4-13/h1-6,11H,7-10H2,(H,21,23,25). The summed E-state index contributed by atoms with van der Waals surface area (Å²) in [5.74, 6) is -0.763. The van der Waals surface area contributed by atoms with Gasteiger partial charge in [0, 0.05) is 19.0 Å². The van der Waals surface area contributed by atoms with Crippen LogP contribution in [0.5, 0.6) is 0 Å². The normalized spacial score (nSPS) is 15.9. The van der Waals surface area contributed by atoms with Gasteiger partial charge in [-0.05, 0) is 65.2 Å². The smallest absolute Gasteiger partial charge is 0.322 e. The number of hydrogen-bond donors (Lipinski definition) is 1. The van der Waals surface area contributed by atoms with Crippen LogP contribution in [0.4, 0.5) is 10.4 Å². The topological polar surface area (TPSA) is 119 Å². The molecule has 0 radical (unpaired) electrons. The summed E-state index contributed by atoms with van der Waals surface area (Å²) in [4.78, 5) is 12.5. The summed E-state index contributed by atoms with van der Waals surface area (Å²) in [7, 11) is -3.73. The van der Waals surface area contributed by atoms with Crippen molar-refractivity contribution in [2.75, 3.05) is 18.4 Å². The molecule has 2 aromatic heterocycles. The number of piperidine rings is 1. The molecule has 1 aromatic carbocycles. The fourth-order valence-corrected chi connectivity index (χ4v) is 4.90. The van der Waals surface area contributed by atoms with Crippen LogP contribution < -0.4 is 5.32 Å². The first-order valence-electron chi connectivity index (χ1n) is 8.99. The monoisotopic (exact) mass is 498 g/mol. The minimum absolute atomic E-state index is 0.0229. The highest BCUT2D eigenvalue weighted by atomic mass is 79.9. The SMILES string of the molecule is O=C(Nc1nnc(-c2ccc(Br)o2)o1)C1CCN(S(=O)(=O)c2ccc(F)cc2)CC1. The lowest BCUT2D eigenvalue weighted by atomic mass is 9.97. The van der Waals surface area contributed by atoms with Crippen LogP contribution in [0.15, 0.2) is 54.8 Å². The van der Waals surface area contributed by atoms with Gasteiger partial charge in [-0.25, -0.2) is 12.8 Å². The third kappa shape index (κ3) is 4.30. The number of anilines is 1. The maximum Gasteiger partial charge on any atom is 0.322 e. The Morgan fingerprint density at radius 1 is 1.10 bits per heavy atom. The van der Waals surface area contributed by atoms with Crippen LogP contribution in [0.3, 0.4) is 0 Å². The Kier molecular flexibility index (Phi) is 5.71. The third-order valence-electron chi connectivity index (χ3n) is 4.72. The lowest BCUT2D eigenvalue weighted by Gasteiger charge is -2.30. The van der Waals surface area contributed by atoms with E-state index >= 15 is 0 Å². The van der Waals surface area contributed by atoms with Gasteiger partial charge in [0.25, 0.3) is 5.89 Å². The van der Waals surface area contributed by atoms with Crippen molar-refractivity contribution in [3.8, 4) is 11.7 Å². The zero-order valence-electron chi connectivity index (χ0n) is 15.4. The number of halogens is 2. The third-order valence-corrected chi connectivity index (χ3v) is 7.05. The Morgan fingerprint density at radius 2 is 1.80 bits per heavy atom. The number of amides is 1. The van der Waals surface area contributed by atoms with Gasteiger partial charge in [-0.3, -0.25) is 10.1 Å². The highest BCUT2D eigenvalue weighted by Crippen LogP contribution is 2.27. The molecule has 12 heteroatoms. The van der Waals surface area contributed by atoms with E-state index in [4.69, 9.17) is 8.83 Å². The summed E-state index contributed by atoms with van der Waals surface area (Å²) in [5, 5.41) is 10.2. The van der Waals surface area contributed by atoms with Crippen LogP contribution >= 0.6 is 15.9 Å². The predicted octanol–water partition coefficient (Wildman–Crippen LogP) is 3.27. The van der Waals surface area contributed by atoms with E-state index < -0.39 is 21.8 Å². The molecule has 3 heterocycles. The summed E-state index contributed by atoms with van der Waals surface area (Å²) in [6.45, 7) is 0.348. The van der Waals surface area contributed by atoms with Crippen LogP contribution in [0.2, 0.25) is 0 Å². The fraction of sp³-hybridized carbons (Fsp3) is 0.278. The number of carbonyl (C=O) groups excluding carboxylic acids is 1. The number of furan rings is 1. The van der Waals surface area contributed by atoms with Crippen molar-refractivity contribution in [3.63, 3.8) is 0 Å². The van der Waals surface area contributed by atoms with E-state index in [1.807, 2.05) is 0 Å². The zero-order chi connectivity index (χ0) is 21.3. The van der Waals surface area contributed by atoms with Gasteiger partial charge in [0.2, 0.25) is 15.9 Å². The largest absolute Gasteiger partial charge is 0.444 e. The van der Waals surface area contributed by atoms with E-state index in [2.05, 4.69) is 31.4 Å². The number of aromatic nitrogens is 2. The van der Waals surface area contributed by atoms with E-state index in [9.17, 15) is 17.6 Å². The quantitative estimate of drug-likeness (QED) is 0.573. The first-order chi connectivity index (χ1) is 14.3. The molecule has 1 N–H and O–H groups in total. The number of sulfonamides is 1. The first kappa shape index (κ1) is 20.7. The molecule has 158 valence electrons. The minimum Gasteiger partial charge on any atom is -0.444 e. The highest BCUT2D eigenvalue weighted by molar-refractivity contribution is 9.10. The summed E-state index contributed by atoms with van der Waals surface area (Å²) in [6, 6.07) is 7.92. The van der Waals surface area contributed by atoms with Crippen LogP contribution in [0.25, 0.3) is 11.7 Å². The van der Waals surface area contributed by atoms with Crippen molar-refractivity contribution >= 4 is 37.9 Å². The lowest BCUT2D eigenvalue weighted by molar-refractivity contribution is -0.121. The van der Waals surface area contributed by atoms with E-state index in [0.29, 0.717) is 23.3 Å². The number of nitrogens with zero attached hydrogens (tertiary/aromatic N) is 3. The molecular weight excluding hydrogens is 483 g/mol. The molecule has 1 aliphatic rings. The van der Waals surface area contributed by atoms with Crippen molar-refractivity contribution in [3.05, 3.63) is 46.9 Å². The molecule has 1 amide bonds. The van der Waals surface area contributed by atoms with E-state index in [0.717, 1.165) is 12.1 Å². The zero-order valence-corrected chi connectivity index (χ0v) is 17.8. The first-order valence-corrected chi connectivity index (χ1v) is 11.2. The van der Waals surface area contributed by atoms with E-state index in [1.54, 1.807) is 12.1 Å². The second-order valence-electron chi connectivity index (χ2n) is 6.64. The van der Waals surface area contributed by atoms with Gasteiger partial charge in [0.05, 0.1) is 4.90 Å². The molecule has 30 heavy (non-hydrogen) atoms. The van der Waals surface area contributed by atoms with Gasteiger partial charge in [0.1, 0.15) is 5.82 Å². The van der Waals surface area contributed by atoms with Crippen LogP contribution in [-0.4, -0.2) is 41.9 Å². The van der Waals surface area contributed by atoms with Gasteiger partial charge >= 0.3 is 6.01 Å². The van der Waals surface area contributed by atoms with Gasteiger partial charge in [-0.15, -0.1) is 5.10 Å². The molecule has 0 spiro atoms. The summed E-state index contributed by atoms with van der Waals surface area (Å²) in [6.07, 6.45) is 0.663. The molecule has 0 atom stereocenters. The molecular formula is C18H16BrFN4O5S. The van der Waals surface area contributed by atoms with Gasteiger partial charge in [-0.2, -0.15) is 4.31 Å². The van der Waals surface area contributed by atoms with Gasteiger partial charge in [-0.1, -0.05) is 5.10 Å². The number of rotatable bonds is 5. The Morgan fingerprint density at radius 3 is 2.43 bits per heavy atom. The van der Waals surface area contributed by atoms with Crippen molar-refractivity contribution in [2.45, 2.75) is 17.7 Å². The Hall–Kier alpha value is -2.57. The second-order valence-corrected chi connectivity index (χ2v) is 9.36. The van der Waals surface area contributed by atoms with Crippen LogP contribution in [-0.2, 0) is 14.8 Å². The van der Waals surface area contributed by atoms with Crippen molar-refractivity contribution in [1.82, 2.24) is 14.5 Å². The average molecular weight is 499 g/mol. The Bertz CT molecular complexity index is 1150. The summed E-state index contributed by atoms with van der Waals surface area (Å²) >= 11 is 3.18. The summed E-state index contributed by atoms with van der Waals surface area (Å²) in [5.41, 5.74) is 0. The highest BCUT2D eigenvalue weighted by Gasteiger charge is 2.32. The number of benzene rings is 1. The number of hydrogen-bond acceptors (Lipinski definition) is 7. The Labute approximate surface area is 179 Å². The predicted molar refractivity (Wildman–Crippen MR) is 106 cm³/mol. The molecule has 9 nitrogen and oxygen atoms in total. The van der Waals surface area contributed by atoms with Crippen LogP contribution in [0, 0.1) is 11.7 Å². The molecule has 4 rings (SSSR count). The summed E-state index contributed by atoms with van der Waals surface area (Å²) < 4.78 is 50.9. The maximum absolute atomic E-state index is 13.1. The van der Waals surface area contributed by atoms with Crippen molar-refractivity contribution < 1.29 is 26.4 Å². The second kappa shape index (κ2) is 8.28. The Balaban J connectivity index is 1.35.